The van der Waals surface area contributed by atoms with Crippen LogP contribution in [0.2, 0.25) is 0 Å². The quantitative estimate of drug-likeness (QED) is 0.597. The third-order valence-electron chi connectivity index (χ3n) is 2.10. The molecule has 5 heteroatoms. The van der Waals surface area contributed by atoms with Crippen LogP contribution in [-0.2, 0) is 9.59 Å². The fourth-order valence-electron chi connectivity index (χ4n) is 1.16. The van der Waals surface area contributed by atoms with Crippen molar-refractivity contribution in [2.75, 3.05) is 11.9 Å². The first kappa shape index (κ1) is 13.0. The van der Waals surface area contributed by atoms with Crippen LogP contribution >= 0.6 is 0 Å². The maximum absolute atomic E-state index is 11.0. The topological polar surface area (TPSA) is 81.4 Å². The predicted molar refractivity (Wildman–Crippen MR) is 64.7 cm³/mol. The number of anilines is 1. The Labute approximate surface area is 99.9 Å². The van der Waals surface area contributed by atoms with Gasteiger partial charge in [0.25, 0.3) is 0 Å². The lowest BCUT2D eigenvalue weighted by atomic mass is 10.3. The molecule has 0 aromatic heterocycles. The van der Waals surface area contributed by atoms with Crippen molar-refractivity contribution in [3.63, 3.8) is 0 Å². The van der Waals surface area contributed by atoms with Gasteiger partial charge < -0.3 is 15.8 Å². The molecule has 1 aromatic carbocycles. The molecule has 0 aliphatic rings. The summed E-state index contributed by atoms with van der Waals surface area (Å²) in [4.78, 5) is 21.5. The standard InChI is InChI=1S/C12H16N2O3/c1-2-3-8-17-10-6-4-9(5-7-10)14-12(16)11(13)15/h4-7H,2-3,8H2,1H3,(H2,13,15)(H,14,16). The number of primary amides is 1. The maximum Gasteiger partial charge on any atom is 0.313 e. The van der Waals surface area contributed by atoms with E-state index in [2.05, 4.69) is 12.2 Å². The van der Waals surface area contributed by atoms with Gasteiger partial charge in [0, 0.05) is 5.69 Å². The highest BCUT2D eigenvalue weighted by molar-refractivity contribution is 6.39. The number of hydrogen-bond donors (Lipinski definition) is 2. The van der Waals surface area contributed by atoms with Crippen LogP contribution in [0.1, 0.15) is 19.8 Å². The fraction of sp³-hybridized carbons (Fsp3) is 0.333. The minimum atomic E-state index is -1.01. The van der Waals surface area contributed by atoms with Crippen molar-refractivity contribution in [3.05, 3.63) is 24.3 Å². The number of nitrogens with two attached hydrogens (primary N) is 1. The molecule has 2 amide bonds. The van der Waals surface area contributed by atoms with Crippen LogP contribution in [-0.4, -0.2) is 18.4 Å². The van der Waals surface area contributed by atoms with Crippen LogP contribution in [0.4, 0.5) is 5.69 Å². The number of benzene rings is 1. The van der Waals surface area contributed by atoms with Gasteiger partial charge in [0.15, 0.2) is 0 Å². The number of carbonyl (C=O) groups excluding carboxylic acids is 2. The van der Waals surface area contributed by atoms with E-state index in [4.69, 9.17) is 10.5 Å². The first-order valence-electron chi connectivity index (χ1n) is 5.47. The Bertz CT molecular complexity index is 387. The van der Waals surface area contributed by atoms with E-state index >= 15 is 0 Å². The number of carbonyl (C=O) groups is 2. The van der Waals surface area contributed by atoms with Gasteiger partial charge in [-0.05, 0) is 30.7 Å². The van der Waals surface area contributed by atoms with Gasteiger partial charge in [-0.2, -0.15) is 0 Å². The molecule has 0 atom stereocenters. The Morgan fingerprint density at radius 1 is 1.29 bits per heavy atom. The molecule has 1 rings (SSSR count). The van der Waals surface area contributed by atoms with Crippen molar-refractivity contribution in [1.29, 1.82) is 0 Å². The maximum atomic E-state index is 11.0. The second-order valence-electron chi connectivity index (χ2n) is 3.54. The molecule has 5 nitrogen and oxygen atoms in total. The molecule has 0 fully saturated rings. The van der Waals surface area contributed by atoms with E-state index in [1.165, 1.54) is 0 Å². The molecule has 0 saturated heterocycles. The Hall–Kier alpha value is -2.04. The zero-order chi connectivity index (χ0) is 12.7. The first-order valence-corrected chi connectivity index (χ1v) is 5.47. The summed E-state index contributed by atoms with van der Waals surface area (Å²) in [6.45, 7) is 2.76. The molecule has 0 unspecified atom stereocenters. The molecule has 92 valence electrons. The molecular formula is C12H16N2O3. The van der Waals surface area contributed by atoms with Crippen molar-refractivity contribution in [3.8, 4) is 5.75 Å². The van der Waals surface area contributed by atoms with Crippen LogP contribution in [0, 0.1) is 0 Å². The van der Waals surface area contributed by atoms with Gasteiger partial charge in [0.2, 0.25) is 0 Å². The molecule has 0 saturated carbocycles. The van der Waals surface area contributed by atoms with Crippen LogP contribution in [0.15, 0.2) is 24.3 Å². The number of nitrogens with one attached hydrogen (secondary N) is 1. The number of ether oxygens (including phenoxy) is 1. The minimum absolute atomic E-state index is 0.511. The van der Waals surface area contributed by atoms with E-state index in [9.17, 15) is 9.59 Å². The summed E-state index contributed by atoms with van der Waals surface area (Å²) in [5.74, 6) is -1.10. The summed E-state index contributed by atoms with van der Waals surface area (Å²) in [6.07, 6.45) is 2.08. The van der Waals surface area contributed by atoms with Crippen molar-refractivity contribution in [2.45, 2.75) is 19.8 Å². The van der Waals surface area contributed by atoms with Crippen LogP contribution in [0.25, 0.3) is 0 Å². The van der Waals surface area contributed by atoms with Gasteiger partial charge in [-0.1, -0.05) is 13.3 Å². The van der Waals surface area contributed by atoms with Crippen molar-refractivity contribution in [1.82, 2.24) is 0 Å². The third kappa shape index (κ3) is 4.55. The Morgan fingerprint density at radius 2 is 1.94 bits per heavy atom. The van der Waals surface area contributed by atoms with E-state index in [1.807, 2.05) is 0 Å². The molecule has 0 spiro atoms. The third-order valence-corrected chi connectivity index (χ3v) is 2.10. The lowest BCUT2D eigenvalue weighted by molar-refractivity contribution is -0.134. The monoisotopic (exact) mass is 236 g/mol. The number of hydrogen-bond acceptors (Lipinski definition) is 3. The largest absolute Gasteiger partial charge is 0.494 e. The highest BCUT2D eigenvalue weighted by atomic mass is 16.5. The van der Waals surface area contributed by atoms with Gasteiger partial charge >= 0.3 is 11.8 Å². The van der Waals surface area contributed by atoms with E-state index < -0.39 is 11.8 Å². The summed E-state index contributed by atoms with van der Waals surface area (Å²) in [6, 6.07) is 6.77. The van der Waals surface area contributed by atoms with Gasteiger partial charge in [0.1, 0.15) is 5.75 Å². The van der Waals surface area contributed by atoms with Crippen LogP contribution < -0.4 is 15.8 Å². The molecule has 0 bridgehead atoms. The zero-order valence-corrected chi connectivity index (χ0v) is 9.73. The molecule has 0 aliphatic carbocycles. The predicted octanol–water partition coefficient (Wildman–Crippen LogP) is 1.29. The van der Waals surface area contributed by atoms with E-state index in [0.717, 1.165) is 18.6 Å². The highest BCUT2D eigenvalue weighted by Gasteiger charge is 2.08. The van der Waals surface area contributed by atoms with Crippen molar-refractivity contribution < 1.29 is 14.3 Å². The Kier molecular flexibility index (Phi) is 5.00. The van der Waals surface area contributed by atoms with Crippen LogP contribution in [0.5, 0.6) is 5.75 Å². The Morgan fingerprint density at radius 3 is 2.47 bits per heavy atom. The molecule has 0 aliphatic heterocycles. The fourth-order valence-corrected chi connectivity index (χ4v) is 1.16. The van der Waals surface area contributed by atoms with Crippen LogP contribution in [0.3, 0.4) is 0 Å². The summed E-state index contributed by atoms with van der Waals surface area (Å²) < 4.78 is 5.45. The van der Waals surface area contributed by atoms with Gasteiger partial charge in [-0.3, -0.25) is 9.59 Å². The first-order chi connectivity index (χ1) is 8.13. The smallest absolute Gasteiger partial charge is 0.313 e. The SMILES string of the molecule is CCCCOc1ccc(NC(=O)C(N)=O)cc1. The zero-order valence-electron chi connectivity index (χ0n) is 9.73. The Balaban J connectivity index is 2.50. The number of rotatable bonds is 5. The lowest BCUT2D eigenvalue weighted by Crippen LogP contribution is -2.29. The molecule has 0 radical (unpaired) electrons. The second kappa shape index (κ2) is 6.52. The molecule has 3 N–H and O–H groups in total. The number of amides is 2. The molecule has 0 heterocycles. The molecule has 1 aromatic rings. The van der Waals surface area contributed by atoms with E-state index in [1.54, 1.807) is 24.3 Å². The van der Waals surface area contributed by atoms with Crippen molar-refractivity contribution in [2.24, 2.45) is 5.73 Å². The second-order valence-corrected chi connectivity index (χ2v) is 3.54. The molecular weight excluding hydrogens is 220 g/mol. The summed E-state index contributed by atoms with van der Waals surface area (Å²) in [5.41, 5.74) is 5.33. The van der Waals surface area contributed by atoms with E-state index in [-0.39, 0.29) is 0 Å². The van der Waals surface area contributed by atoms with Gasteiger partial charge in [0.05, 0.1) is 6.61 Å². The van der Waals surface area contributed by atoms with Crippen molar-refractivity contribution >= 4 is 17.5 Å². The van der Waals surface area contributed by atoms with Gasteiger partial charge in [-0.15, -0.1) is 0 Å². The average molecular weight is 236 g/mol. The summed E-state index contributed by atoms with van der Waals surface area (Å²) >= 11 is 0. The van der Waals surface area contributed by atoms with Gasteiger partial charge in [-0.25, -0.2) is 0 Å². The molecule has 17 heavy (non-hydrogen) atoms. The lowest BCUT2D eigenvalue weighted by Gasteiger charge is -2.06. The number of unbranched alkanes of at least 4 members (excludes halogenated alkanes) is 1. The highest BCUT2D eigenvalue weighted by Crippen LogP contribution is 2.15. The average Bonchev–Trinajstić information content (AvgIpc) is 2.31. The van der Waals surface area contributed by atoms with E-state index in [0.29, 0.717) is 12.3 Å². The normalized spacial score (nSPS) is 9.71. The summed E-state index contributed by atoms with van der Waals surface area (Å²) in [5, 5.41) is 2.37. The summed E-state index contributed by atoms with van der Waals surface area (Å²) in [7, 11) is 0. The minimum Gasteiger partial charge on any atom is -0.494 e.